The molecule has 1 aromatic heterocycles. The molecule has 0 spiro atoms. The largest absolute Gasteiger partial charge is 0.463 e. The molecule has 1 saturated heterocycles. The van der Waals surface area contributed by atoms with E-state index < -0.39 is 41.5 Å². The Kier molecular flexibility index (Phi) is 6.74. The van der Waals surface area contributed by atoms with E-state index in [1.54, 1.807) is 18.2 Å². The third kappa shape index (κ3) is 5.24. The normalized spacial score (nSPS) is 21.3. The van der Waals surface area contributed by atoms with Gasteiger partial charge in [-0.2, -0.15) is 4.39 Å². The summed E-state index contributed by atoms with van der Waals surface area (Å²) in [5.41, 5.74) is -1.27. The van der Waals surface area contributed by atoms with E-state index in [4.69, 9.17) is 37.4 Å². The summed E-state index contributed by atoms with van der Waals surface area (Å²) in [5.74, 6) is -1.63. The second-order valence-electron chi connectivity index (χ2n) is 6.40. The summed E-state index contributed by atoms with van der Waals surface area (Å²) < 4.78 is 31.2. The number of hydrogen-bond donors (Lipinski definition) is 1. The monoisotopic (exact) mass is 446 g/mol. The minimum absolute atomic E-state index is 0.113. The van der Waals surface area contributed by atoms with Crippen LogP contribution in [0.4, 0.5) is 4.39 Å². The Morgan fingerprint density at radius 2 is 2.14 bits per heavy atom. The Bertz CT molecular complexity index is 1020. The van der Waals surface area contributed by atoms with E-state index in [0.29, 0.717) is 15.6 Å². The van der Waals surface area contributed by atoms with Gasteiger partial charge in [0.15, 0.2) is 0 Å². The molecule has 0 saturated carbocycles. The van der Waals surface area contributed by atoms with Crippen LogP contribution in [-0.2, 0) is 25.6 Å². The van der Waals surface area contributed by atoms with Gasteiger partial charge in [0.2, 0.25) is 5.82 Å². The molecule has 1 aromatic carbocycles. The quantitative estimate of drug-likeness (QED) is 0.683. The predicted octanol–water partition coefficient (Wildman–Crippen LogP) is 2.42. The predicted molar refractivity (Wildman–Crippen MR) is 101 cm³/mol. The number of nitrogens with zero attached hydrogens (tertiary/aromatic N) is 1. The van der Waals surface area contributed by atoms with Gasteiger partial charge in [0.05, 0.1) is 18.9 Å². The zero-order valence-electron chi connectivity index (χ0n) is 15.2. The SMILES string of the molecule is CC(=O)OC[C@@H]1O[C@H](n2cc(F)c(=O)[nH]c2=O)CC1OCc1ccc(Cl)cc1Cl. The third-order valence-corrected chi connectivity index (χ3v) is 4.92. The van der Waals surface area contributed by atoms with Crippen molar-refractivity contribution in [2.75, 3.05) is 6.61 Å². The number of rotatable bonds is 6. The van der Waals surface area contributed by atoms with Crippen molar-refractivity contribution in [3.8, 4) is 0 Å². The van der Waals surface area contributed by atoms with Crippen molar-refractivity contribution in [3.05, 3.63) is 66.7 Å². The van der Waals surface area contributed by atoms with Gasteiger partial charge in [-0.3, -0.25) is 19.1 Å². The molecule has 11 heteroatoms. The molecule has 29 heavy (non-hydrogen) atoms. The molecule has 1 unspecified atom stereocenters. The molecule has 3 atom stereocenters. The Hall–Kier alpha value is -2.20. The van der Waals surface area contributed by atoms with E-state index in [2.05, 4.69) is 0 Å². The molecule has 0 amide bonds. The van der Waals surface area contributed by atoms with Gasteiger partial charge in [0, 0.05) is 23.4 Å². The number of benzene rings is 1. The summed E-state index contributed by atoms with van der Waals surface area (Å²) in [4.78, 5) is 36.3. The van der Waals surface area contributed by atoms with Crippen molar-refractivity contribution >= 4 is 29.2 Å². The van der Waals surface area contributed by atoms with Gasteiger partial charge in [-0.15, -0.1) is 0 Å². The maximum absolute atomic E-state index is 13.6. The molecular weight excluding hydrogens is 430 g/mol. The summed E-state index contributed by atoms with van der Waals surface area (Å²) in [6.07, 6.45) is -1.29. The lowest BCUT2D eigenvalue weighted by Crippen LogP contribution is -2.34. The van der Waals surface area contributed by atoms with E-state index in [-0.39, 0.29) is 19.6 Å². The highest BCUT2D eigenvalue weighted by atomic mass is 35.5. The number of hydrogen-bond acceptors (Lipinski definition) is 6. The van der Waals surface area contributed by atoms with Gasteiger partial charge in [-0.05, 0) is 17.7 Å². The molecule has 1 fully saturated rings. The highest BCUT2D eigenvalue weighted by molar-refractivity contribution is 6.35. The summed E-state index contributed by atoms with van der Waals surface area (Å²) in [6.45, 7) is 1.24. The van der Waals surface area contributed by atoms with Crippen LogP contribution in [0.1, 0.15) is 25.1 Å². The molecule has 1 aliphatic heterocycles. The van der Waals surface area contributed by atoms with Crippen molar-refractivity contribution in [3.63, 3.8) is 0 Å². The van der Waals surface area contributed by atoms with Crippen LogP contribution in [0, 0.1) is 5.82 Å². The molecule has 1 N–H and O–H groups in total. The average molecular weight is 447 g/mol. The molecule has 3 rings (SSSR count). The molecule has 156 valence electrons. The fourth-order valence-corrected chi connectivity index (χ4v) is 3.37. The lowest BCUT2D eigenvalue weighted by atomic mass is 10.1. The first-order valence-corrected chi connectivity index (χ1v) is 9.35. The first-order chi connectivity index (χ1) is 13.7. The van der Waals surface area contributed by atoms with Gasteiger partial charge in [-0.25, -0.2) is 4.79 Å². The Morgan fingerprint density at radius 1 is 1.38 bits per heavy atom. The molecular formula is C18H17Cl2FN2O6. The summed E-state index contributed by atoms with van der Waals surface area (Å²) in [7, 11) is 0. The number of H-pyrrole nitrogens is 1. The maximum Gasteiger partial charge on any atom is 0.330 e. The van der Waals surface area contributed by atoms with E-state index in [0.717, 1.165) is 10.8 Å². The Balaban J connectivity index is 1.78. The lowest BCUT2D eigenvalue weighted by molar-refractivity contribution is -0.148. The van der Waals surface area contributed by atoms with Crippen molar-refractivity contribution in [1.29, 1.82) is 0 Å². The molecule has 8 nitrogen and oxygen atoms in total. The first-order valence-electron chi connectivity index (χ1n) is 8.60. The van der Waals surface area contributed by atoms with Crippen LogP contribution in [0.25, 0.3) is 0 Å². The third-order valence-electron chi connectivity index (χ3n) is 4.33. The number of aromatic amines is 1. The zero-order chi connectivity index (χ0) is 21.1. The van der Waals surface area contributed by atoms with Crippen molar-refractivity contribution in [2.24, 2.45) is 0 Å². The van der Waals surface area contributed by atoms with Gasteiger partial charge in [0.1, 0.15) is 18.9 Å². The van der Waals surface area contributed by atoms with E-state index in [9.17, 15) is 18.8 Å². The van der Waals surface area contributed by atoms with Crippen LogP contribution in [-0.4, -0.2) is 34.3 Å². The van der Waals surface area contributed by atoms with Crippen LogP contribution in [0.5, 0.6) is 0 Å². The number of carbonyl (C=O) groups is 1. The number of nitrogens with one attached hydrogen (secondary N) is 1. The molecule has 0 aliphatic carbocycles. The molecule has 2 aromatic rings. The summed E-state index contributed by atoms with van der Waals surface area (Å²) in [5, 5.41) is 0.902. The standard InChI is InChI=1S/C18H17Cl2FN2O6/c1-9(24)27-8-15-14(28-7-10-2-3-11(19)4-12(10)20)5-16(29-15)23-6-13(21)17(25)22-18(23)26/h2-4,6,14-16H,5,7-8H2,1H3,(H,22,25,26)/t14?,15-,16-/m0/s1. The molecule has 0 bridgehead atoms. The number of esters is 1. The van der Waals surface area contributed by atoms with E-state index in [1.165, 1.54) is 6.92 Å². The number of ether oxygens (including phenoxy) is 3. The second-order valence-corrected chi connectivity index (χ2v) is 7.24. The molecule has 0 radical (unpaired) electrons. The fourth-order valence-electron chi connectivity index (χ4n) is 2.91. The smallest absolute Gasteiger partial charge is 0.330 e. The fraction of sp³-hybridized carbons (Fsp3) is 0.389. The van der Waals surface area contributed by atoms with Crippen LogP contribution in [0.2, 0.25) is 10.0 Å². The minimum atomic E-state index is -1.12. The summed E-state index contributed by atoms with van der Waals surface area (Å²) in [6, 6.07) is 4.95. The van der Waals surface area contributed by atoms with E-state index in [1.807, 2.05) is 4.98 Å². The van der Waals surface area contributed by atoms with Crippen molar-refractivity contribution in [1.82, 2.24) is 9.55 Å². The maximum atomic E-state index is 13.6. The minimum Gasteiger partial charge on any atom is -0.463 e. The van der Waals surface area contributed by atoms with Gasteiger partial charge >= 0.3 is 11.7 Å². The van der Waals surface area contributed by atoms with Gasteiger partial charge in [0.25, 0.3) is 5.56 Å². The Labute approximate surface area is 174 Å². The van der Waals surface area contributed by atoms with Crippen LogP contribution in [0.15, 0.2) is 34.0 Å². The highest BCUT2D eigenvalue weighted by Gasteiger charge is 2.38. The number of aromatic nitrogens is 2. The molecule has 1 aliphatic rings. The second kappa shape index (κ2) is 9.08. The highest BCUT2D eigenvalue weighted by Crippen LogP contribution is 2.31. The average Bonchev–Trinajstić information content (AvgIpc) is 3.05. The van der Waals surface area contributed by atoms with Crippen LogP contribution < -0.4 is 11.2 Å². The topological polar surface area (TPSA) is 99.6 Å². The Morgan fingerprint density at radius 3 is 2.83 bits per heavy atom. The van der Waals surface area contributed by atoms with Crippen molar-refractivity contribution < 1.29 is 23.4 Å². The van der Waals surface area contributed by atoms with Crippen LogP contribution >= 0.6 is 23.2 Å². The molecule has 2 heterocycles. The lowest BCUT2D eigenvalue weighted by Gasteiger charge is -2.19. The zero-order valence-corrected chi connectivity index (χ0v) is 16.7. The first kappa shape index (κ1) is 21.5. The van der Waals surface area contributed by atoms with Gasteiger partial charge < -0.3 is 14.2 Å². The van der Waals surface area contributed by atoms with E-state index >= 15 is 0 Å². The van der Waals surface area contributed by atoms with Crippen molar-refractivity contribution in [2.45, 2.75) is 38.4 Å². The van der Waals surface area contributed by atoms with Gasteiger partial charge in [-0.1, -0.05) is 29.3 Å². The number of halogens is 3. The summed E-state index contributed by atoms with van der Waals surface area (Å²) >= 11 is 12.0. The van der Waals surface area contributed by atoms with Crippen LogP contribution in [0.3, 0.4) is 0 Å². The number of carbonyl (C=O) groups excluding carboxylic acids is 1.